The van der Waals surface area contributed by atoms with Gasteiger partial charge in [0.15, 0.2) is 6.10 Å². The van der Waals surface area contributed by atoms with E-state index in [9.17, 15) is 18.0 Å². The molecule has 0 heterocycles. The maximum Gasteiger partial charge on any atom is 0.391 e. The number of carboxylic acid groups (broad SMARTS) is 1. The SMILES string of the molecule is CCCC(OCCC(F)(F)F)C(=O)O. The summed E-state index contributed by atoms with van der Waals surface area (Å²) in [5.74, 6) is -1.21. The fourth-order valence-corrected chi connectivity index (χ4v) is 0.857. The molecule has 3 nitrogen and oxygen atoms in total. The van der Waals surface area contributed by atoms with Gasteiger partial charge < -0.3 is 9.84 Å². The topological polar surface area (TPSA) is 46.5 Å². The van der Waals surface area contributed by atoms with Crippen LogP contribution in [0.3, 0.4) is 0 Å². The van der Waals surface area contributed by atoms with Gasteiger partial charge in [0.25, 0.3) is 0 Å². The maximum atomic E-state index is 11.7. The Bertz CT molecular complexity index is 179. The van der Waals surface area contributed by atoms with Crippen LogP contribution >= 0.6 is 0 Å². The lowest BCUT2D eigenvalue weighted by atomic mass is 10.2. The zero-order valence-corrected chi connectivity index (χ0v) is 7.80. The smallest absolute Gasteiger partial charge is 0.391 e. The van der Waals surface area contributed by atoms with E-state index in [1.165, 1.54) is 0 Å². The van der Waals surface area contributed by atoms with Crippen molar-refractivity contribution in [3.8, 4) is 0 Å². The van der Waals surface area contributed by atoms with Crippen molar-refractivity contribution >= 4 is 5.97 Å². The molecule has 6 heteroatoms. The van der Waals surface area contributed by atoms with Gasteiger partial charge in [-0.2, -0.15) is 13.2 Å². The van der Waals surface area contributed by atoms with Gasteiger partial charge >= 0.3 is 12.1 Å². The highest BCUT2D eigenvalue weighted by Gasteiger charge is 2.28. The lowest BCUT2D eigenvalue weighted by Crippen LogP contribution is -2.25. The molecule has 0 amide bonds. The van der Waals surface area contributed by atoms with Crippen molar-refractivity contribution < 1.29 is 27.8 Å². The number of hydrogen-bond acceptors (Lipinski definition) is 2. The number of ether oxygens (including phenoxy) is 1. The van der Waals surface area contributed by atoms with Gasteiger partial charge in [0.1, 0.15) is 0 Å². The molecule has 0 aliphatic heterocycles. The molecule has 0 rings (SSSR count). The standard InChI is InChI=1S/C8H13F3O3/c1-2-3-6(7(12)13)14-5-4-8(9,10)11/h6H,2-5H2,1H3,(H,12,13). The highest BCUT2D eigenvalue weighted by Crippen LogP contribution is 2.19. The largest absolute Gasteiger partial charge is 0.479 e. The van der Waals surface area contributed by atoms with Gasteiger partial charge in [-0.25, -0.2) is 4.79 Å². The van der Waals surface area contributed by atoms with Gasteiger partial charge in [0, 0.05) is 0 Å². The summed E-state index contributed by atoms with van der Waals surface area (Å²) < 4.78 is 39.6. The van der Waals surface area contributed by atoms with Crippen LogP contribution in [0.15, 0.2) is 0 Å². The molecular weight excluding hydrogens is 201 g/mol. The fraction of sp³-hybridized carbons (Fsp3) is 0.875. The predicted octanol–water partition coefficient (Wildman–Crippen LogP) is 2.21. The molecule has 0 aliphatic rings. The molecule has 84 valence electrons. The molecule has 0 aromatic rings. The minimum atomic E-state index is -4.30. The number of alkyl halides is 3. The molecule has 14 heavy (non-hydrogen) atoms. The van der Waals surface area contributed by atoms with Crippen LogP contribution in [0.2, 0.25) is 0 Å². The summed E-state index contributed by atoms with van der Waals surface area (Å²) in [5.41, 5.74) is 0. The summed E-state index contributed by atoms with van der Waals surface area (Å²) in [4.78, 5) is 10.4. The van der Waals surface area contributed by atoms with Gasteiger partial charge in [-0.3, -0.25) is 0 Å². The van der Waals surface area contributed by atoms with Gasteiger partial charge in [-0.15, -0.1) is 0 Å². The zero-order valence-electron chi connectivity index (χ0n) is 7.80. The first-order valence-corrected chi connectivity index (χ1v) is 4.28. The van der Waals surface area contributed by atoms with Gasteiger partial charge in [0.2, 0.25) is 0 Å². The lowest BCUT2D eigenvalue weighted by molar-refractivity contribution is -0.163. The minimum Gasteiger partial charge on any atom is -0.479 e. The first-order valence-electron chi connectivity index (χ1n) is 4.28. The molecule has 1 atom stereocenters. The van der Waals surface area contributed by atoms with Crippen molar-refractivity contribution in [2.45, 2.75) is 38.5 Å². The van der Waals surface area contributed by atoms with E-state index in [1.807, 2.05) is 0 Å². The molecule has 0 aromatic heterocycles. The van der Waals surface area contributed by atoms with E-state index in [2.05, 4.69) is 4.74 Å². The van der Waals surface area contributed by atoms with Crippen LogP contribution in [0.4, 0.5) is 13.2 Å². The van der Waals surface area contributed by atoms with Gasteiger partial charge in [0.05, 0.1) is 13.0 Å². The van der Waals surface area contributed by atoms with Crippen LogP contribution in [0.1, 0.15) is 26.2 Å². The Balaban J connectivity index is 3.77. The number of hydrogen-bond donors (Lipinski definition) is 1. The molecule has 1 N–H and O–H groups in total. The zero-order chi connectivity index (χ0) is 11.2. The molecule has 0 saturated carbocycles. The average molecular weight is 214 g/mol. The second-order valence-electron chi connectivity index (χ2n) is 2.85. The molecule has 0 aliphatic carbocycles. The maximum absolute atomic E-state index is 11.7. The molecule has 0 bridgehead atoms. The Morgan fingerprint density at radius 2 is 2.07 bits per heavy atom. The Hall–Kier alpha value is -0.780. The number of rotatable bonds is 6. The van der Waals surface area contributed by atoms with Crippen molar-refractivity contribution in [3.05, 3.63) is 0 Å². The van der Waals surface area contributed by atoms with Crippen molar-refractivity contribution in [1.82, 2.24) is 0 Å². The average Bonchev–Trinajstić information content (AvgIpc) is 2.00. The van der Waals surface area contributed by atoms with E-state index in [-0.39, 0.29) is 6.42 Å². The predicted molar refractivity (Wildman–Crippen MR) is 43.0 cm³/mol. The summed E-state index contributed by atoms with van der Waals surface area (Å²) in [6, 6.07) is 0. The molecule has 0 fully saturated rings. The van der Waals surface area contributed by atoms with Crippen LogP contribution < -0.4 is 0 Å². The highest BCUT2D eigenvalue weighted by molar-refractivity contribution is 5.72. The van der Waals surface area contributed by atoms with E-state index in [1.54, 1.807) is 6.92 Å². The Kier molecular flexibility index (Phi) is 5.52. The number of halogens is 3. The van der Waals surface area contributed by atoms with Crippen molar-refractivity contribution in [2.24, 2.45) is 0 Å². The third-order valence-electron chi connectivity index (χ3n) is 1.53. The fourth-order valence-electron chi connectivity index (χ4n) is 0.857. The summed E-state index contributed by atoms with van der Waals surface area (Å²) >= 11 is 0. The van der Waals surface area contributed by atoms with E-state index in [0.29, 0.717) is 6.42 Å². The molecule has 0 saturated heterocycles. The van der Waals surface area contributed by atoms with Crippen molar-refractivity contribution in [3.63, 3.8) is 0 Å². The quantitative estimate of drug-likeness (QED) is 0.737. The summed E-state index contributed by atoms with van der Waals surface area (Å²) in [6.45, 7) is 1.14. The normalized spacial score (nSPS) is 14.0. The number of aliphatic carboxylic acids is 1. The molecule has 1 unspecified atom stereocenters. The van der Waals surface area contributed by atoms with Crippen molar-refractivity contribution in [1.29, 1.82) is 0 Å². The van der Waals surface area contributed by atoms with E-state index in [4.69, 9.17) is 5.11 Å². The molecule has 0 radical (unpaired) electrons. The van der Waals surface area contributed by atoms with Gasteiger partial charge in [-0.1, -0.05) is 13.3 Å². The van der Waals surface area contributed by atoms with E-state index in [0.717, 1.165) is 0 Å². The van der Waals surface area contributed by atoms with E-state index < -0.39 is 31.3 Å². The lowest BCUT2D eigenvalue weighted by Gasteiger charge is -2.13. The monoisotopic (exact) mass is 214 g/mol. The third kappa shape index (κ3) is 6.71. The highest BCUT2D eigenvalue weighted by atomic mass is 19.4. The second kappa shape index (κ2) is 5.85. The molecule has 0 aromatic carbocycles. The molecular formula is C8H13F3O3. The minimum absolute atomic E-state index is 0.229. The number of carboxylic acids is 1. The summed E-state index contributed by atoms with van der Waals surface area (Å²) in [6.07, 6.45) is -5.74. The first-order chi connectivity index (χ1) is 6.37. The van der Waals surface area contributed by atoms with Gasteiger partial charge in [-0.05, 0) is 6.42 Å². The Labute approximate surface area is 79.9 Å². The van der Waals surface area contributed by atoms with E-state index >= 15 is 0 Å². The van der Waals surface area contributed by atoms with Crippen LogP contribution in [-0.4, -0.2) is 30.0 Å². The van der Waals surface area contributed by atoms with Crippen LogP contribution in [0, 0.1) is 0 Å². The van der Waals surface area contributed by atoms with Crippen molar-refractivity contribution in [2.75, 3.05) is 6.61 Å². The Morgan fingerprint density at radius 3 is 2.43 bits per heavy atom. The van der Waals surface area contributed by atoms with Crippen LogP contribution in [0.5, 0.6) is 0 Å². The second-order valence-corrected chi connectivity index (χ2v) is 2.85. The molecule has 0 spiro atoms. The summed E-state index contributed by atoms with van der Waals surface area (Å²) in [5, 5.41) is 8.53. The Morgan fingerprint density at radius 1 is 1.50 bits per heavy atom. The summed E-state index contributed by atoms with van der Waals surface area (Å²) in [7, 11) is 0. The van der Waals surface area contributed by atoms with Crippen LogP contribution in [0.25, 0.3) is 0 Å². The number of carbonyl (C=O) groups is 1. The third-order valence-corrected chi connectivity index (χ3v) is 1.53. The van der Waals surface area contributed by atoms with Crippen LogP contribution in [-0.2, 0) is 9.53 Å². The first kappa shape index (κ1) is 13.2.